The van der Waals surface area contributed by atoms with Gasteiger partial charge in [0.2, 0.25) is 0 Å². The van der Waals surface area contributed by atoms with Crippen molar-refractivity contribution in [3.8, 4) is 0 Å². The number of aromatic nitrogens is 1. The topological polar surface area (TPSA) is 38.1 Å². The van der Waals surface area contributed by atoms with Crippen LogP contribution in [0.1, 0.15) is 11.3 Å². The van der Waals surface area contributed by atoms with Crippen LogP contribution < -0.4 is 5.32 Å². The molecule has 15 heavy (non-hydrogen) atoms. The van der Waals surface area contributed by atoms with Crippen LogP contribution in [0.5, 0.6) is 0 Å². The Morgan fingerprint density at radius 3 is 2.87 bits per heavy atom. The van der Waals surface area contributed by atoms with Crippen LogP contribution in [0.15, 0.2) is 41.1 Å². The lowest BCUT2D eigenvalue weighted by molar-refractivity contribution is 0.483. The van der Waals surface area contributed by atoms with E-state index in [0.717, 1.165) is 24.4 Å². The molecule has 2 aromatic heterocycles. The van der Waals surface area contributed by atoms with Crippen molar-refractivity contribution in [2.24, 2.45) is 0 Å². The lowest BCUT2D eigenvalue weighted by atomic mass is 10.3. The Morgan fingerprint density at radius 1 is 1.27 bits per heavy atom. The zero-order valence-corrected chi connectivity index (χ0v) is 8.87. The maximum atomic E-state index is 5.68. The van der Waals surface area contributed by atoms with Gasteiger partial charge in [0.1, 0.15) is 10.9 Å². The van der Waals surface area contributed by atoms with Crippen molar-refractivity contribution in [2.45, 2.75) is 13.1 Å². The predicted molar refractivity (Wildman–Crippen MR) is 58.5 cm³/mol. The second-order valence-electron chi connectivity index (χ2n) is 3.17. The smallest absolute Gasteiger partial charge is 0.129 e. The normalized spacial score (nSPS) is 10.5. The van der Waals surface area contributed by atoms with Crippen molar-refractivity contribution in [2.75, 3.05) is 0 Å². The van der Waals surface area contributed by atoms with Crippen molar-refractivity contribution in [1.82, 2.24) is 10.3 Å². The quantitative estimate of drug-likeness (QED) is 0.809. The number of hydrogen-bond donors (Lipinski definition) is 1. The molecule has 0 spiro atoms. The third-order valence-corrected chi connectivity index (χ3v) is 2.22. The van der Waals surface area contributed by atoms with Gasteiger partial charge in [-0.05, 0) is 23.8 Å². The van der Waals surface area contributed by atoms with Crippen molar-refractivity contribution >= 4 is 11.6 Å². The van der Waals surface area contributed by atoms with Gasteiger partial charge in [-0.25, -0.2) is 4.98 Å². The molecule has 0 amide bonds. The van der Waals surface area contributed by atoms with E-state index in [0.29, 0.717) is 5.15 Å². The average Bonchev–Trinajstić information content (AvgIpc) is 2.74. The van der Waals surface area contributed by atoms with Crippen LogP contribution in [0.4, 0.5) is 0 Å². The van der Waals surface area contributed by atoms with Gasteiger partial charge in [-0.2, -0.15) is 0 Å². The van der Waals surface area contributed by atoms with Crippen LogP contribution in [0.3, 0.4) is 0 Å². The molecule has 0 aromatic carbocycles. The van der Waals surface area contributed by atoms with Crippen LogP contribution in [0.2, 0.25) is 5.15 Å². The first kappa shape index (κ1) is 10.2. The molecule has 0 saturated heterocycles. The van der Waals surface area contributed by atoms with E-state index < -0.39 is 0 Å². The van der Waals surface area contributed by atoms with Gasteiger partial charge in [-0.3, -0.25) is 0 Å². The molecule has 2 heterocycles. The summed E-state index contributed by atoms with van der Waals surface area (Å²) in [6.07, 6.45) is 3.43. The summed E-state index contributed by atoms with van der Waals surface area (Å²) in [7, 11) is 0. The molecule has 2 rings (SSSR count). The number of pyridine rings is 1. The fourth-order valence-corrected chi connectivity index (χ4v) is 1.37. The first-order chi connectivity index (χ1) is 7.34. The summed E-state index contributed by atoms with van der Waals surface area (Å²) in [5.41, 5.74) is 1.10. The van der Waals surface area contributed by atoms with E-state index in [2.05, 4.69) is 10.3 Å². The number of rotatable bonds is 4. The Labute approximate surface area is 93.1 Å². The molecule has 0 saturated carbocycles. The maximum absolute atomic E-state index is 5.68. The van der Waals surface area contributed by atoms with E-state index in [4.69, 9.17) is 16.0 Å². The molecular formula is C11H11ClN2O. The summed E-state index contributed by atoms with van der Waals surface area (Å²) in [6, 6.07) is 7.55. The number of hydrogen-bond acceptors (Lipinski definition) is 3. The Kier molecular flexibility index (Phi) is 3.37. The van der Waals surface area contributed by atoms with Crippen LogP contribution >= 0.6 is 11.6 Å². The summed E-state index contributed by atoms with van der Waals surface area (Å²) in [6.45, 7) is 1.47. The molecule has 0 radical (unpaired) electrons. The van der Waals surface area contributed by atoms with Gasteiger partial charge in [0.15, 0.2) is 0 Å². The Balaban J connectivity index is 1.81. The minimum atomic E-state index is 0.518. The summed E-state index contributed by atoms with van der Waals surface area (Å²) in [5.74, 6) is 0.928. The van der Waals surface area contributed by atoms with Gasteiger partial charge in [-0.15, -0.1) is 0 Å². The first-order valence-corrected chi connectivity index (χ1v) is 5.06. The number of nitrogens with one attached hydrogen (secondary N) is 1. The standard InChI is InChI=1S/C11H11ClN2O/c12-11-4-3-9(7-14-11)6-13-8-10-2-1-5-15-10/h1-5,7,13H,6,8H2. The third-order valence-electron chi connectivity index (χ3n) is 2.00. The summed E-state index contributed by atoms with van der Waals surface area (Å²) in [4.78, 5) is 4.00. The molecule has 0 atom stereocenters. The van der Waals surface area contributed by atoms with Crippen molar-refractivity contribution in [1.29, 1.82) is 0 Å². The molecule has 3 nitrogen and oxygen atoms in total. The Morgan fingerprint density at radius 2 is 2.20 bits per heavy atom. The zero-order valence-electron chi connectivity index (χ0n) is 8.11. The molecule has 0 unspecified atom stereocenters. The zero-order chi connectivity index (χ0) is 10.5. The molecule has 0 aliphatic rings. The van der Waals surface area contributed by atoms with Gasteiger partial charge in [0, 0.05) is 12.7 Å². The molecular weight excluding hydrogens is 212 g/mol. The highest BCUT2D eigenvalue weighted by Crippen LogP contribution is 2.05. The van der Waals surface area contributed by atoms with Crippen molar-refractivity contribution in [3.63, 3.8) is 0 Å². The molecule has 0 fully saturated rings. The molecule has 0 aliphatic heterocycles. The van der Waals surface area contributed by atoms with E-state index in [-0.39, 0.29) is 0 Å². The Bertz CT molecular complexity index is 397. The second kappa shape index (κ2) is 4.96. The predicted octanol–water partition coefficient (Wildman–Crippen LogP) is 2.62. The van der Waals surface area contributed by atoms with Crippen molar-refractivity contribution < 1.29 is 4.42 Å². The highest BCUT2D eigenvalue weighted by atomic mass is 35.5. The highest BCUT2D eigenvalue weighted by molar-refractivity contribution is 6.29. The summed E-state index contributed by atoms with van der Waals surface area (Å²) in [5, 5.41) is 3.77. The third kappa shape index (κ3) is 3.08. The summed E-state index contributed by atoms with van der Waals surface area (Å²) < 4.78 is 5.19. The molecule has 1 N–H and O–H groups in total. The van der Waals surface area contributed by atoms with Gasteiger partial charge >= 0.3 is 0 Å². The van der Waals surface area contributed by atoms with Gasteiger partial charge in [0.25, 0.3) is 0 Å². The monoisotopic (exact) mass is 222 g/mol. The minimum Gasteiger partial charge on any atom is -0.468 e. The largest absolute Gasteiger partial charge is 0.468 e. The van der Waals surface area contributed by atoms with Gasteiger partial charge < -0.3 is 9.73 Å². The number of nitrogens with zero attached hydrogens (tertiary/aromatic N) is 1. The molecule has 78 valence electrons. The van der Waals surface area contributed by atoms with Crippen molar-refractivity contribution in [3.05, 3.63) is 53.2 Å². The molecule has 0 aliphatic carbocycles. The lowest BCUT2D eigenvalue weighted by Crippen LogP contribution is -2.12. The van der Waals surface area contributed by atoms with Gasteiger partial charge in [0.05, 0.1) is 12.8 Å². The van der Waals surface area contributed by atoms with Crippen LogP contribution in [-0.2, 0) is 13.1 Å². The van der Waals surface area contributed by atoms with E-state index in [9.17, 15) is 0 Å². The SMILES string of the molecule is Clc1ccc(CNCc2ccco2)cn1. The van der Waals surface area contributed by atoms with E-state index in [1.807, 2.05) is 18.2 Å². The molecule has 0 bridgehead atoms. The van der Waals surface area contributed by atoms with E-state index in [1.165, 1.54) is 0 Å². The Hall–Kier alpha value is -1.32. The lowest BCUT2D eigenvalue weighted by Gasteiger charge is -2.02. The van der Waals surface area contributed by atoms with Crippen LogP contribution in [-0.4, -0.2) is 4.98 Å². The fraction of sp³-hybridized carbons (Fsp3) is 0.182. The molecule has 4 heteroatoms. The van der Waals surface area contributed by atoms with Crippen LogP contribution in [0, 0.1) is 0 Å². The fourth-order valence-electron chi connectivity index (χ4n) is 1.25. The maximum Gasteiger partial charge on any atom is 0.129 e. The van der Waals surface area contributed by atoms with E-state index >= 15 is 0 Å². The minimum absolute atomic E-state index is 0.518. The number of halogens is 1. The second-order valence-corrected chi connectivity index (χ2v) is 3.56. The molecule has 2 aromatic rings. The average molecular weight is 223 g/mol. The highest BCUT2D eigenvalue weighted by Gasteiger charge is 1.96. The first-order valence-electron chi connectivity index (χ1n) is 4.68. The van der Waals surface area contributed by atoms with E-state index in [1.54, 1.807) is 18.5 Å². The summed E-state index contributed by atoms with van der Waals surface area (Å²) >= 11 is 5.68. The van der Waals surface area contributed by atoms with Gasteiger partial charge in [-0.1, -0.05) is 17.7 Å². The number of furan rings is 1. The van der Waals surface area contributed by atoms with Crippen LogP contribution in [0.25, 0.3) is 0 Å².